The lowest BCUT2D eigenvalue weighted by Crippen LogP contribution is -2.51. The molecule has 46 heavy (non-hydrogen) atoms. The zero-order valence-electron chi connectivity index (χ0n) is 28.5. The van der Waals surface area contributed by atoms with Crippen molar-refractivity contribution in [1.29, 1.82) is 0 Å². The molecule has 3 rings (SSSR count). The van der Waals surface area contributed by atoms with Crippen molar-refractivity contribution in [2.45, 2.75) is 104 Å². The fourth-order valence-electron chi connectivity index (χ4n) is 6.56. The first-order chi connectivity index (χ1) is 21.7. The molecule has 2 aromatic carbocycles. The van der Waals surface area contributed by atoms with Gasteiger partial charge in [0.05, 0.1) is 18.8 Å². The lowest BCUT2D eigenvalue weighted by atomic mass is 9.96. The summed E-state index contributed by atoms with van der Waals surface area (Å²) in [4.78, 5) is 18.4. The van der Waals surface area contributed by atoms with Crippen LogP contribution in [0.15, 0.2) is 66.9 Å². The summed E-state index contributed by atoms with van der Waals surface area (Å²) in [6.45, 7) is 20.8. The van der Waals surface area contributed by atoms with E-state index >= 15 is 0 Å². The quantitative estimate of drug-likeness (QED) is 0.119. The maximum atomic E-state index is 14.3. The molecule has 1 heterocycles. The van der Waals surface area contributed by atoms with Gasteiger partial charge in [-0.3, -0.25) is 9.78 Å². The maximum Gasteiger partial charge on any atom is 0.252 e. The van der Waals surface area contributed by atoms with E-state index in [0.29, 0.717) is 46.2 Å². The molecule has 2 N–H and O–H groups in total. The van der Waals surface area contributed by atoms with Gasteiger partial charge in [-0.05, 0) is 83.9 Å². The Labute approximate surface area is 274 Å². The number of halogens is 2. The van der Waals surface area contributed by atoms with Crippen molar-refractivity contribution in [1.82, 2.24) is 10.3 Å². The van der Waals surface area contributed by atoms with Crippen LogP contribution in [0.3, 0.4) is 0 Å². The van der Waals surface area contributed by atoms with E-state index in [0.717, 1.165) is 35.0 Å². The lowest BCUT2D eigenvalue weighted by Gasteiger charge is -2.44. The normalized spacial score (nSPS) is 13.3. The van der Waals surface area contributed by atoms with E-state index in [1.807, 2.05) is 32.0 Å². The molecule has 0 saturated carbocycles. The van der Waals surface area contributed by atoms with Gasteiger partial charge in [0.2, 0.25) is 8.32 Å². The Morgan fingerprint density at radius 1 is 1.00 bits per heavy atom. The van der Waals surface area contributed by atoms with Crippen LogP contribution in [0, 0.1) is 18.6 Å². The first-order valence-electron chi connectivity index (χ1n) is 16.0. The van der Waals surface area contributed by atoms with E-state index < -0.39 is 26.1 Å². The molecule has 0 saturated heterocycles. The van der Waals surface area contributed by atoms with Crippen LogP contribution in [-0.4, -0.2) is 37.0 Å². The van der Waals surface area contributed by atoms with Gasteiger partial charge < -0.3 is 19.6 Å². The average Bonchev–Trinajstić information content (AvgIpc) is 2.98. The third-order valence-electron chi connectivity index (χ3n) is 8.62. The van der Waals surface area contributed by atoms with E-state index in [2.05, 4.69) is 58.4 Å². The fourth-order valence-corrected chi connectivity index (χ4v) is 12.1. The highest BCUT2D eigenvalue weighted by Crippen LogP contribution is 2.43. The number of aryl methyl sites for hydroxylation is 1. The largest absolute Gasteiger partial charge is 0.486 e. The number of amides is 1. The highest BCUT2D eigenvalue weighted by molar-refractivity contribution is 6.77. The number of carbonyl (C=O) groups excluding carboxylic acids is 1. The number of hydrogen-bond acceptors (Lipinski definition) is 5. The van der Waals surface area contributed by atoms with Crippen LogP contribution >= 0.6 is 0 Å². The maximum absolute atomic E-state index is 14.3. The van der Waals surface area contributed by atoms with Gasteiger partial charge in [0.1, 0.15) is 12.4 Å². The van der Waals surface area contributed by atoms with E-state index in [9.17, 15) is 18.7 Å². The van der Waals surface area contributed by atoms with Gasteiger partial charge in [0.15, 0.2) is 11.6 Å². The summed E-state index contributed by atoms with van der Waals surface area (Å²) >= 11 is 0. The molecule has 250 valence electrons. The summed E-state index contributed by atoms with van der Waals surface area (Å²) in [5.41, 5.74) is 5.30. The Morgan fingerprint density at radius 3 is 2.26 bits per heavy atom. The monoisotopic (exact) mass is 652 g/mol. The van der Waals surface area contributed by atoms with Crippen LogP contribution in [0.2, 0.25) is 16.6 Å². The van der Waals surface area contributed by atoms with E-state index in [1.165, 1.54) is 0 Å². The van der Waals surface area contributed by atoms with Crippen molar-refractivity contribution in [3.63, 3.8) is 0 Å². The summed E-state index contributed by atoms with van der Waals surface area (Å²) in [7, 11) is -2.34. The molecule has 0 aliphatic heterocycles. The molecular formula is C37H50F2N2O4Si. The minimum Gasteiger partial charge on any atom is -0.486 e. The van der Waals surface area contributed by atoms with E-state index in [1.54, 1.807) is 18.3 Å². The molecule has 0 radical (unpaired) electrons. The van der Waals surface area contributed by atoms with E-state index in [-0.39, 0.29) is 30.9 Å². The zero-order chi connectivity index (χ0) is 34.2. The average molecular weight is 653 g/mol. The first kappa shape index (κ1) is 37.1. The van der Waals surface area contributed by atoms with Crippen LogP contribution in [0.25, 0.3) is 0 Å². The number of nitrogens with zero attached hydrogens (tertiary/aromatic N) is 1. The zero-order valence-corrected chi connectivity index (χ0v) is 29.5. The minimum atomic E-state index is -2.34. The Balaban J connectivity index is 2.02. The molecule has 0 aliphatic carbocycles. The first-order valence-corrected chi connectivity index (χ1v) is 18.2. The smallest absolute Gasteiger partial charge is 0.252 e. The number of carbonyl (C=O) groups is 1. The van der Waals surface area contributed by atoms with Gasteiger partial charge >= 0.3 is 0 Å². The second-order valence-electron chi connectivity index (χ2n) is 13.2. The van der Waals surface area contributed by atoms with Crippen LogP contribution in [-0.2, 0) is 17.5 Å². The molecule has 1 amide bonds. The SMILES string of the molecule is C=C(C)C[C@@H](NC(=O)c1cc(COc2cc(F)ccc2F)ccc1CC(CO)O[Si](C(C)C)(C(C)C)C(C)C)c1ccnc(C)c1. The topological polar surface area (TPSA) is 80.7 Å². The number of rotatable bonds is 16. The number of pyridine rings is 1. The third kappa shape index (κ3) is 9.33. The number of benzene rings is 2. The van der Waals surface area contributed by atoms with Gasteiger partial charge in [-0.1, -0.05) is 59.2 Å². The van der Waals surface area contributed by atoms with Gasteiger partial charge in [-0.25, -0.2) is 8.78 Å². The lowest BCUT2D eigenvalue weighted by molar-refractivity contribution is 0.0921. The van der Waals surface area contributed by atoms with E-state index in [4.69, 9.17) is 9.16 Å². The Hall–Kier alpha value is -3.40. The van der Waals surface area contributed by atoms with Crippen molar-refractivity contribution in [2.24, 2.45) is 0 Å². The number of hydrogen-bond donors (Lipinski definition) is 2. The number of aliphatic hydroxyl groups excluding tert-OH is 1. The molecule has 6 nitrogen and oxygen atoms in total. The van der Waals surface area contributed by atoms with Crippen molar-refractivity contribution in [3.8, 4) is 5.75 Å². The van der Waals surface area contributed by atoms with Crippen molar-refractivity contribution < 1.29 is 27.8 Å². The highest BCUT2D eigenvalue weighted by atomic mass is 28.4. The fraction of sp³-hybridized carbons (Fsp3) is 0.459. The van der Waals surface area contributed by atoms with Crippen LogP contribution in [0.4, 0.5) is 8.78 Å². The number of aliphatic hydroxyl groups is 1. The van der Waals surface area contributed by atoms with Crippen LogP contribution < -0.4 is 10.1 Å². The summed E-state index contributed by atoms with van der Waals surface area (Å²) in [5, 5.41) is 13.7. The predicted molar refractivity (Wildman–Crippen MR) is 182 cm³/mol. The second-order valence-corrected chi connectivity index (χ2v) is 18.6. The molecule has 0 bridgehead atoms. The summed E-state index contributed by atoms with van der Waals surface area (Å²) < 4.78 is 40.6. The highest BCUT2D eigenvalue weighted by Gasteiger charge is 2.46. The van der Waals surface area contributed by atoms with Crippen LogP contribution in [0.1, 0.15) is 93.7 Å². The standard InChI is InChI=1S/C37H50F2N2O4Si/c1-23(2)16-35(30-14-15-40-27(9)17-30)41-37(43)33-18-28(22-44-36-20-31(38)12-13-34(36)39)10-11-29(33)19-32(21-42)45-46(24(3)4,25(5)6)26(7)8/h10-15,17-18,20,24-26,32,35,42H,1,16,19,21-22H2,2-9H3,(H,41,43)/t32?,35-/m1/s1. The molecule has 9 heteroatoms. The second kappa shape index (κ2) is 16.4. The molecule has 0 aliphatic rings. The summed E-state index contributed by atoms with van der Waals surface area (Å²) in [6, 6.07) is 11.8. The molecule has 2 atom stereocenters. The Bertz CT molecular complexity index is 1470. The number of ether oxygens (including phenoxy) is 1. The number of aromatic nitrogens is 1. The summed E-state index contributed by atoms with van der Waals surface area (Å²) in [5.74, 6) is -1.81. The molecule has 1 aromatic heterocycles. The van der Waals surface area contributed by atoms with Crippen molar-refractivity contribution in [2.75, 3.05) is 6.61 Å². The number of nitrogens with one attached hydrogen (secondary N) is 1. The molecule has 1 unspecified atom stereocenters. The predicted octanol–water partition coefficient (Wildman–Crippen LogP) is 8.78. The molecule has 3 aromatic rings. The minimum absolute atomic E-state index is 0.0797. The van der Waals surface area contributed by atoms with Gasteiger partial charge in [0, 0.05) is 29.9 Å². The third-order valence-corrected chi connectivity index (χ3v) is 14.8. The van der Waals surface area contributed by atoms with Gasteiger partial charge in [0.25, 0.3) is 5.91 Å². The van der Waals surface area contributed by atoms with Crippen LogP contribution in [0.5, 0.6) is 5.75 Å². The van der Waals surface area contributed by atoms with Crippen molar-refractivity contribution >= 4 is 14.2 Å². The molecule has 0 fully saturated rings. The molecular weight excluding hydrogens is 602 g/mol. The molecule has 0 spiro atoms. The van der Waals surface area contributed by atoms with Gasteiger partial charge in [-0.2, -0.15) is 0 Å². The Kier molecular flexibility index (Phi) is 13.2. The van der Waals surface area contributed by atoms with Gasteiger partial charge in [-0.15, -0.1) is 6.58 Å². The Morgan fingerprint density at radius 2 is 1.67 bits per heavy atom. The van der Waals surface area contributed by atoms with Crippen molar-refractivity contribution in [3.05, 3.63) is 106 Å². The summed E-state index contributed by atoms with van der Waals surface area (Å²) in [6.07, 6.45) is 2.05.